The second-order valence-electron chi connectivity index (χ2n) is 4.66. The summed E-state index contributed by atoms with van der Waals surface area (Å²) in [5.41, 5.74) is 5.78. The Balaban J connectivity index is 1.68. The van der Waals surface area contributed by atoms with E-state index in [-0.39, 0.29) is 0 Å². The lowest BCUT2D eigenvalue weighted by molar-refractivity contribution is 0.248. The Labute approximate surface area is 105 Å². The number of rotatable bonds is 3. The van der Waals surface area contributed by atoms with Crippen LogP contribution in [0.25, 0.3) is 0 Å². The Hall–Kier alpha value is -1.01. The fourth-order valence-corrected chi connectivity index (χ4v) is 3.24. The third kappa shape index (κ3) is 2.07. The maximum Gasteiger partial charge on any atom is 0.197 e. The molecule has 2 N–H and O–H groups in total. The molecular weight excluding hydrogens is 236 g/mol. The van der Waals surface area contributed by atoms with Crippen LogP contribution in [0.1, 0.15) is 12.8 Å². The Bertz CT molecular complexity index is 396. The maximum absolute atomic E-state index is 5.78. The summed E-state index contributed by atoms with van der Waals surface area (Å²) in [5.74, 6) is 1.26. The monoisotopic (exact) mass is 254 g/mol. The lowest BCUT2D eigenvalue weighted by Gasteiger charge is -2.35. The van der Waals surface area contributed by atoms with Gasteiger partial charge in [0.25, 0.3) is 0 Å². The van der Waals surface area contributed by atoms with Crippen LogP contribution in [0.5, 0.6) is 5.75 Å². The van der Waals surface area contributed by atoms with Crippen molar-refractivity contribution in [2.24, 2.45) is 0 Å². The molecule has 1 aliphatic heterocycles. The summed E-state index contributed by atoms with van der Waals surface area (Å²) in [6, 6.07) is 0.866. The largest absolute Gasteiger partial charge is 0.490 e. The highest BCUT2D eigenvalue weighted by Gasteiger charge is 2.32. The molecule has 6 heteroatoms. The van der Waals surface area contributed by atoms with Crippen LogP contribution >= 0.6 is 11.5 Å². The van der Waals surface area contributed by atoms with Gasteiger partial charge in [-0.05, 0) is 24.4 Å². The number of nitrogens with zero attached hydrogens (tertiary/aromatic N) is 3. The average Bonchev–Trinajstić information content (AvgIpc) is 3.13. The molecule has 2 aliphatic rings. The summed E-state index contributed by atoms with van der Waals surface area (Å²) in [7, 11) is 1.66. The topological polar surface area (TPSA) is 54.6 Å². The first-order valence-electron chi connectivity index (χ1n) is 6.07. The van der Waals surface area contributed by atoms with Gasteiger partial charge in [0.15, 0.2) is 16.6 Å². The fourth-order valence-electron chi connectivity index (χ4n) is 2.41. The van der Waals surface area contributed by atoms with Crippen LogP contribution in [0, 0.1) is 0 Å². The number of methoxy groups -OCH3 is 1. The Kier molecular flexibility index (Phi) is 2.84. The minimum absolute atomic E-state index is 0.511. The normalized spacial score (nSPS) is 21.8. The van der Waals surface area contributed by atoms with Crippen LogP contribution in [0.3, 0.4) is 0 Å². The zero-order valence-corrected chi connectivity index (χ0v) is 10.9. The van der Waals surface area contributed by atoms with Gasteiger partial charge in [-0.1, -0.05) is 0 Å². The predicted octanol–water partition coefficient (Wildman–Crippen LogP) is 1.02. The molecule has 0 atom stereocenters. The van der Waals surface area contributed by atoms with Crippen molar-refractivity contribution >= 4 is 22.4 Å². The molecule has 0 spiro atoms. The summed E-state index contributed by atoms with van der Waals surface area (Å²) in [5, 5.41) is 1.08. The highest BCUT2D eigenvalue weighted by molar-refractivity contribution is 7.11. The van der Waals surface area contributed by atoms with Crippen LogP contribution in [-0.2, 0) is 0 Å². The van der Waals surface area contributed by atoms with E-state index >= 15 is 0 Å². The van der Waals surface area contributed by atoms with Gasteiger partial charge in [-0.3, -0.25) is 4.90 Å². The van der Waals surface area contributed by atoms with Gasteiger partial charge in [0.05, 0.1) is 7.11 Å². The van der Waals surface area contributed by atoms with Crippen LogP contribution in [0.4, 0.5) is 10.8 Å². The van der Waals surface area contributed by atoms with E-state index in [0.29, 0.717) is 5.82 Å². The van der Waals surface area contributed by atoms with Crippen LogP contribution in [0.15, 0.2) is 0 Å². The molecule has 1 aliphatic carbocycles. The molecule has 17 heavy (non-hydrogen) atoms. The standard InChI is InChI=1S/C11H18N4OS/c1-16-9-10(12)13-17-11(9)15-6-4-14(5-7-15)8-2-3-8/h8H,2-7H2,1H3,(H2,12,13). The van der Waals surface area contributed by atoms with Crippen molar-refractivity contribution in [2.75, 3.05) is 43.9 Å². The molecule has 1 aromatic rings. The molecule has 2 fully saturated rings. The quantitative estimate of drug-likeness (QED) is 0.872. The van der Waals surface area contributed by atoms with Crippen molar-refractivity contribution in [3.8, 4) is 5.75 Å². The smallest absolute Gasteiger partial charge is 0.197 e. The molecule has 0 bridgehead atoms. The SMILES string of the molecule is COc1c(N)nsc1N1CCN(C2CC2)CC1. The van der Waals surface area contributed by atoms with E-state index in [1.807, 2.05) is 0 Å². The minimum atomic E-state index is 0.511. The van der Waals surface area contributed by atoms with E-state index in [0.717, 1.165) is 43.0 Å². The van der Waals surface area contributed by atoms with Crippen molar-refractivity contribution < 1.29 is 4.74 Å². The molecule has 3 rings (SSSR count). The average molecular weight is 254 g/mol. The first-order chi connectivity index (χ1) is 8.29. The zero-order chi connectivity index (χ0) is 11.8. The number of piperazine rings is 1. The van der Waals surface area contributed by atoms with Crippen molar-refractivity contribution in [3.63, 3.8) is 0 Å². The van der Waals surface area contributed by atoms with Gasteiger partial charge >= 0.3 is 0 Å². The van der Waals surface area contributed by atoms with E-state index in [1.54, 1.807) is 7.11 Å². The summed E-state index contributed by atoms with van der Waals surface area (Å²) in [6.07, 6.45) is 2.77. The first-order valence-corrected chi connectivity index (χ1v) is 6.85. The molecule has 5 nitrogen and oxygen atoms in total. The summed E-state index contributed by atoms with van der Waals surface area (Å²) in [6.45, 7) is 4.39. The van der Waals surface area contributed by atoms with Crippen LogP contribution < -0.4 is 15.4 Å². The second-order valence-corrected chi connectivity index (χ2v) is 5.41. The van der Waals surface area contributed by atoms with Crippen molar-refractivity contribution in [3.05, 3.63) is 0 Å². The molecule has 0 radical (unpaired) electrons. The van der Waals surface area contributed by atoms with Gasteiger partial charge in [0.2, 0.25) is 0 Å². The summed E-state index contributed by atoms with van der Waals surface area (Å²) in [4.78, 5) is 4.93. The molecule has 0 amide bonds. The molecule has 0 unspecified atom stereocenters. The van der Waals surface area contributed by atoms with Gasteiger partial charge in [-0.25, -0.2) is 0 Å². The number of nitrogens with two attached hydrogens (primary N) is 1. The van der Waals surface area contributed by atoms with Crippen molar-refractivity contribution in [1.29, 1.82) is 0 Å². The van der Waals surface area contributed by atoms with Gasteiger partial charge in [0.1, 0.15) is 0 Å². The van der Waals surface area contributed by atoms with Gasteiger partial charge in [0, 0.05) is 32.2 Å². The second kappa shape index (κ2) is 4.34. The number of anilines is 2. The summed E-state index contributed by atoms with van der Waals surface area (Å²) >= 11 is 1.44. The zero-order valence-electron chi connectivity index (χ0n) is 10.1. The number of ether oxygens (including phenoxy) is 1. The Morgan fingerprint density at radius 3 is 2.59 bits per heavy atom. The number of hydrogen-bond acceptors (Lipinski definition) is 6. The number of aromatic nitrogens is 1. The van der Waals surface area contributed by atoms with Crippen molar-refractivity contribution in [2.45, 2.75) is 18.9 Å². The Morgan fingerprint density at radius 1 is 1.29 bits per heavy atom. The van der Waals surface area contributed by atoms with Crippen LogP contribution in [0.2, 0.25) is 0 Å². The third-order valence-corrected chi connectivity index (χ3v) is 4.43. The molecule has 1 saturated heterocycles. The lowest BCUT2D eigenvalue weighted by atomic mass is 10.3. The van der Waals surface area contributed by atoms with E-state index < -0.39 is 0 Å². The molecule has 1 aromatic heterocycles. The third-order valence-electron chi connectivity index (χ3n) is 3.53. The first kappa shape index (κ1) is 11.1. The predicted molar refractivity (Wildman–Crippen MR) is 69.9 cm³/mol. The molecular formula is C11H18N4OS. The Morgan fingerprint density at radius 2 is 2.00 bits per heavy atom. The van der Waals surface area contributed by atoms with Gasteiger partial charge in [-0.2, -0.15) is 4.37 Å². The van der Waals surface area contributed by atoms with Gasteiger partial charge < -0.3 is 15.4 Å². The fraction of sp³-hybridized carbons (Fsp3) is 0.727. The van der Waals surface area contributed by atoms with E-state index in [2.05, 4.69) is 14.2 Å². The maximum atomic E-state index is 5.78. The molecule has 1 saturated carbocycles. The molecule has 0 aromatic carbocycles. The van der Waals surface area contributed by atoms with E-state index in [1.165, 1.54) is 24.4 Å². The molecule has 2 heterocycles. The van der Waals surface area contributed by atoms with Crippen LogP contribution in [-0.4, -0.2) is 48.6 Å². The minimum Gasteiger partial charge on any atom is -0.490 e. The molecule has 94 valence electrons. The number of hydrogen-bond donors (Lipinski definition) is 1. The van der Waals surface area contributed by atoms with Gasteiger partial charge in [-0.15, -0.1) is 0 Å². The lowest BCUT2D eigenvalue weighted by Crippen LogP contribution is -2.47. The van der Waals surface area contributed by atoms with E-state index in [4.69, 9.17) is 10.5 Å². The highest BCUT2D eigenvalue weighted by Crippen LogP contribution is 2.38. The number of nitrogen functional groups attached to an aromatic ring is 1. The van der Waals surface area contributed by atoms with E-state index in [9.17, 15) is 0 Å². The van der Waals surface area contributed by atoms with Crippen molar-refractivity contribution in [1.82, 2.24) is 9.27 Å². The summed E-state index contributed by atoms with van der Waals surface area (Å²) < 4.78 is 9.49. The highest BCUT2D eigenvalue weighted by atomic mass is 32.1.